The minimum Gasteiger partial charge on any atom is -0.508 e. The first-order valence-electron chi connectivity index (χ1n) is 18.8. The number of likely N-dealkylation sites (tertiary alicyclic amines) is 1. The summed E-state index contributed by atoms with van der Waals surface area (Å²) in [6.07, 6.45) is 9.04. The van der Waals surface area contributed by atoms with Gasteiger partial charge in [0.1, 0.15) is 28.6 Å². The van der Waals surface area contributed by atoms with Gasteiger partial charge in [-0.3, -0.25) is 9.88 Å². The molecule has 4 heterocycles. The molecule has 278 valence electrons. The van der Waals surface area contributed by atoms with Crippen molar-refractivity contribution in [1.82, 2.24) is 19.9 Å². The van der Waals surface area contributed by atoms with Crippen LogP contribution in [0, 0.1) is 22.5 Å². The van der Waals surface area contributed by atoms with E-state index in [1.165, 1.54) is 18.3 Å². The molecule has 2 aromatic heterocycles. The van der Waals surface area contributed by atoms with E-state index in [4.69, 9.17) is 24.2 Å². The highest BCUT2D eigenvalue weighted by Crippen LogP contribution is 2.51. The molecule has 12 heteroatoms. The van der Waals surface area contributed by atoms with E-state index >= 15 is 8.78 Å². The second kappa shape index (κ2) is 13.9. The molecule has 2 aliphatic heterocycles. The predicted molar refractivity (Wildman–Crippen MR) is 195 cm³/mol. The van der Waals surface area contributed by atoms with Crippen LogP contribution in [0.25, 0.3) is 32.9 Å². The number of pyridine rings is 1. The summed E-state index contributed by atoms with van der Waals surface area (Å²) in [5.41, 5.74) is 0.829. The molecule has 2 saturated carbocycles. The molecule has 52 heavy (non-hydrogen) atoms. The van der Waals surface area contributed by atoms with Crippen LogP contribution in [0.4, 0.5) is 14.6 Å². The van der Waals surface area contributed by atoms with E-state index in [1.54, 1.807) is 19.2 Å². The normalized spacial score (nSPS) is 28.2. The fourth-order valence-corrected chi connectivity index (χ4v) is 9.77. The van der Waals surface area contributed by atoms with Gasteiger partial charge in [-0.05, 0) is 91.4 Å². The van der Waals surface area contributed by atoms with E-state index < -0.39 is 17.7 Å². The number of nitrogens with zero attached hydrogens (tertiary/aromatic N) is 5. The van der Waals surface area contributed by atoms with Crippen molar-refractivity contribution in [2.24, 2.45) is 10.8 Å². The molecular formula is C40H49F2N5O5. The molecule has 8 rings (SSSR count). The number of rotatable bonds is 9. The summed E-state index contributed by atoms with van der Waals surface area (Å²) >= 11 is 0. The largest absolute Gasteiger partial charge is 0.508 e. The number of ether oxygens (including phenoxy) is 3. The van der Waals surface area contributed by atoms with Gasteiger partial charge < -0.3 is 29.3 Å². The Bertz CT molecular complexity index is 1970. The number of hydrogen-bond acceptors (Lipinski definition) is 10. The van der Waals surface area contributed by atoms with E-state index in [-0.39, 0.29) is 52.5 Å². The van der Waals surface area contributed by atoms with E-state index in [1.807, 2.05) is 11.8 Å². The number of aryl methyl sites for hydroxylation is 1. The van der Waals surface area contributed by atoms with Crippen molar-refractivity contribution in [3.05, 3.63) is 47.7 Å². The first-order chi connectivity index (χ1) is 25.1. The summed E-state index contributed by atoms with van der Waals surface area (Å²) in [5, 5.41) is 22.7. The highest BCUT2D eigenvalue weighted by atomic mass is 19.1. The maximum absolute atomic E-state index is 17.1. The zero-order valence-corrected chi connectivity index (χ0v) is 30.3. The van der Waals surface area contributed by atoms with Crippen LogP contribution in [0.15, 0.2) is 30.5 Å². The maximum Gasteiger partial charge on any atom is 0.319 e. The number of aromatic nitrogens is 3. The van der Waals surface area contributed by atoms with Crippen LogP contribution in [-0.2, 0) is 15.9 Å². The van der Waals surface area contributed by atoms with Crippen molar-refractivity contribution in [2.75, 3.05) is 58.0 Å². The number of phenols is 1. The lowest BCUT2D eigenvalue weighted by Crippen LogP contribution is -2.57. The Morgan fingerprint density at radius 1 is 1.10 bits per heavy atom. The second-order valence-electron chi connectivity index (χ2n) is 15.9. The molecule has 2 N–H and O–H groups in total. The molecular weight excluding hydrogens is 668 g/mol. The Labute approximate surface area is 303 Å². The van der Waals surface area contributed by atoms with Crippen molar-refractivity contribution in [3.8, 4) is 23.0 Å². The fourth-order valence-electron chi connectivity index (χ4n) is 9.77. The first kappa shape index (κ1) is 35.3. The highest BCUT2D eigenvalue weighted by Gasteiger charge is 2.51. The summed E-state index contributed by atoms with van der Waals surface area (Å²) in [5.74, 6) is -0.808. The lowest BCUT2D eigenvalue weighted by Gasteiger charge is -2.52. The Kier molecular flexibility index (Phi) is 9.46. The Hall–Kier alpha value is -3.71. The lowest BCUT2D eigenvalue weighted by atomic mass is 9.66. The number of phenolic OH excluding ortho intramolecular Hbond substituents is 1. The van der Waals surface area contributed by atoms with Crippen LogP contribution in [0.5, 0.6) is 11.8 Å². The van der Waals surface area contributed by atoms with Crippen molar-refractivity contribution < 1.29 is 33.2 Å². The molecule has 0 amide bonds. The molecule has 3 unspecified atom stereocenters. The summed E-state index contributed by atoms with van der Waals surface area (Å²) in [6, 6.07) is 6.35. The summed E-state index contributed by atoms with van der Waals surface area (Å²) < 4.78 is 49.9. The quantitative estimate of drug-likeness (QED) is 0.201. The molecule has 4 aromatic rings. The van der Waals surface area contributed by atoms with Gasteiger partial charge in [0.2, 0.25) is 0 Å². The number of methoxy groups -OCH3 is 1. The number of fused-ring (bicyclic) bond motifs is 3. The number of aliphatic hydroxyl groups is 1. The van der Waals surface area contributed by atoms with Gasteiger partial charge >= 0.3 is 6.01 Å². The highest BCUT2D eigenvalue weighted by molar-refractivity contribution is 6.01. The monoisotopic (exact) mass is 717 g/mol. The van der Waals surface area contributed by atoms with E-state index in [9.17, 15) is 10.2 Å². The molecule has 4 aliphatic rings. The van der Waals surface area contributed by atoms with Crippen molar-refractivity contribution in [3.63, 3.8) is 0 Å². The maximum atomic E-state index is 17.1. The zero-order valence-electron chi connectivity index (χ0n) is 30.3. The fraction of sp³-hybridized carbons (Fsp3) is 0.575. The standard InChI is InChI=1S/C40H49F2N5O5/c1-4-28-31(41)9-8-24-15-25(48)16-29(33(24)28)35-34(42)36-30(19-43-35)37(46-13-14-51-21-26(49)20-46)45-38(44-36)52-23-40-10-5-7-32(40)47(12-6-11-40)22-39(2)17-27(18-39)50-3/h8-9,15-16,19,26-27,32,48-49H,4-7,10-14,17-18,20-23H2,1-3H3. The minimum absolute atomic E-state index is 0.00643. The number of aromatic hydroxyl groups is 1. The van der Waals surface area contributed by atoms with E-state index in [2.05, 4.69) is 16.8 Å². The average molecular weight is 718 g/mol. The van der Waals surface area contributed by atoms with Crippen LogP contribution in [-0.4, -0.2) is 101 Å². The molecule has 4 fully saturated rings. The number of halogens is 2. The van der Waals surface area contributed by atoms with Gasteiger partial charge in [0, 0.05) is 50.0 Å². The second-order valence-corrected chi connectivity index (χ2v) is 15.9. The van der Waals surface area contributed by atoms with Gasteiger partial charge in [0.25, 0.3) is 0 Å². The first-order valence-corrected chi connectivity index (χ1v) is 18.8. The number of piperidine rings is 1. The topological polar surface area (TPSA) is 113 Å². The SMILES string of the molecule is CCc1c(F)ccc2cc(O)cc(-c3ncc4c(N5CCOCC(O)C5)nc(OCC56CCCC5N(CC5(C)CC(OC)C5)CCC6)nc4c3F)c12. The third kappa shape index (κ3) is 6.35. The Morgan fingerprint density at radius 2 is 1.92 bits per heavy atom. The number of β-amino-alcohol motifs (C(OH)–C–C–N with tert-alkyl or cyclic N) is 1. The van der Waals surface area contributed by atoms with Gasteiger partial charge in [-0.2, -0.15) is 9.97 Å². The molecule has 10 nitrogen and oxygen atoms in total. The van der Waals surface area contributed by atoms with Crippen LogP contribution in [0.1, 0.15) is 64.4 Å². The number of anilines is 1. The van der Waals surface area contributed by atoms with E-state index in [0.29, 0.717) is 65.9 Å². The zero-order chi connectivity index (χ0) is 36.2. The van der Waals surface area contributed by atoms with E-state index in [0.717, 1.165) is 58.0 Å². The molecule has 3 atom stereocenters. The minimum atomic E-state index is -0.766. The van der Waals surface area contributed by atoms with Gasteiger partial charge in [-0.1, -0.05) is 26.3 Å². The van der Waals surface area contributed by atoms with Gasteiger partial charge in [0.15, 0.2) is 5.82 Å². The smallest absolute Gasteiger partial charge is 0.319 e. The van der Waals surface area contributed by atoms with Crippen molar-refractivity contribution >= 4 is 27.5 Å². The summed E-state index contributed by atoms with van der Waals surface area (Å²) in [4.78, 5) is 18.7. The molecule has 2 aromatic carbocycles. The van der Waals surface area contributed by atoms with Crippen LogP contribution >= 0.6 is 0 Å². The summed E-state index contributed by atoms with van der Waals surface area (Å²) in [7, 11) is 1.80. The molecule has 0 bridgehead atoms. The number of benzene rings is 2. The molecule has 2 saturated heterocycles. The number of hydrogen-bond donors (Lipinski definition) is 2. The van der Waals surface area contributed by atoms with Gasteiger partial charge in [-0.25, -0.2) is 8.78 Å². The van der Waals surface area contributed by atoms with Crippen LogP contribution in [0.2, 0.25) is 0 Å². The molecule has 0 radical (unpaired) electrons. The Balaban J connectivity index is 1.18. The van der Waals surface area contributed by atoms with Gasteiger partial charge in [-0.15, -0.1) is 0 Å². The molecule has 0 spiro atoms. The summed E-state index contributed by atoms with van der Waals surface area (Å²) in [6.45, 7) is 7.94. The lowest BCUT2D eigenvalue weighted by molar-refractivity contribution is -0.0877. The van der Waals surface area contributed by atoms with Crippen LogP contribution < -0.4 is 9.64 Å². The average Bonchev–Trinajstić information content (AvgIpc) is 3.44. The predicted octanol–water partition coefficient (Wildman–Crippen LogP) is 6.42. The van der Waals surface area contributed by atoms with Crippen LogP contribution in [0.3, 0.4) is 0 Å². The third-order valence-corrected chi connectivity index (χ3v) is 12.2. The Morgan fingerprint density at radius 3 is 2.73 bits per heavy atom. The number of aliphatic hydroxyl groups excluding tert-OH is 1. The van der Waals surface area contributed by atoms with Crippen molar-refractivity contribution in [2.45, 2.75) is 83.5 Å². The third-order valence-electron chi connectivity index (χ3n) is 12.2. The molecule has 2 aliphatic carbocycles. The van der Waals surface area contributed by atoms with Gasteiger partial charge in [0.05, 0.1) is 37.4 Å². The van der Waals surface area contributed by atoms with Crippen molar-refractivity contribution in [1.29, 1.82) is 0 Å².